The number of nitrogens with one attached hydrogen (secondary N) is 1. The molecule has 1 N–H and O–H groups in total. The van der Waals surface area contributed by atoms with Gasteiger partial charge in [0.2, 0.25) is 0 Å². The molecule has 66 valence electrons. The van der Waals surface area contributed by atoms with Crippen LogP contribution in [-0.4, -0.2) is 19.8 Å². The SMILES string of the molecule is CI(C)C1CCC(N=N)CC1. The summed E-state index contributed by atoms with van der Waals surface area (Å²) in [5, 5.41) is 3.61. The van der Waals surface area contributed by atoms with Crippen molar-refractivity contribution in [3.05, 3.63) is 0 Å². The van der Waals surface area contributed by atoms with Crippen molar-refractivity contribution in [2.75, 3.05) is 9.86 Å². The molecule has 11 heavy (non-hydrogen) atoms. The molecule has 0 amide bonds. The van der Waals surface area contributed by atoms with Crippen molar-refractivity contribution >= 4 is 19.8 Å². The van der Waals surface area contributed by atoms with Crippen LogP contribution in [0.3, 0.4) is 0 Å². The van der Waals surface area contributed by atoms with Crippen molar-refractivity contribution in [2.45, 2.75) is 35.6 Å². The minimum atomic E-state index is -0.549. The second-order valence-corrected chi connectivity index (χ2v) is 9.76. The Hall–Kier alpha value is 0.330. The fourth-order valence-electron chi connectivity index (χ4n) is 1.60. The number of hydrogen-bond donors (Lipinski definition) is 1. The van der Waals surface area contributed by atoms with Gasteiger partial charge in [-0.25, -0.2) is 0 Å². The van der Waals surface area contributed by atoms with Gasteiger partial charge in [0.25, 0.3) is 0 Å². The summed E-state index contributed by atoms with van der Waals surface area (Å²) in [7, 11) is 0. The number of rotatable bonds is 2. The molecule has 0 unspecified atom stereocenters. The first-order valence-corrected chi connectivity index (χ1v) is 9.65. The molecule has 1 fully saturated rings. The van der Waals surface area contributed by atoms with Crippen LogP contribution in [0, 0.1) is 5.53 Å². The van der Waals surface area contributed by atoms with Crippen LogP contribution in [0.25, 0.3) is 0 Å². The first-order valence-electron chi connectivity index (χ1n) is 4.09. The zero-order valence-electron chi connectivity index (χ0n) is 7.31. The van der Waals surface area contributed by atoms with Gasteiger partial charge >= 0.3 is 76.0 Å². The maximum atomic E-state index is 6.91. The van der Waals surface area contributed by atoms with Crippen molar-refractivity contribution in [3.63, 3.8) is 0 Å². The Morgan fingerprint density at radius 1 is 1.18 bits per heavy atom. The monoisotopic (exact) mass is 268 g/mol. The molecule has 0 aliphatic heterocycles. The van der Waals surface area contributed by atoms with Gasteiger partial charge in [0.05, 0.1) is 0 Å². The maximum absolute atomic E-state index is 6.91. The van der Waals surface area contributed by atoms with Crippen molar-refractivity contribution in [2.24, 2.45) is 5.11 Å². The van der Waals surface area contributed by atoms with Gasteiger partial charge in [-0.15, -0.1) is 0 Å². The molecule has 1 saturated carbocycles. The number of alkyl halides is 3. The second-order valence-electron chi connectivity index (χ2n) is 3.35. The number of hydrogen-bond acceptors (Lipinski definition) is 2. The summed E-state index contributed by atoms with van der Waals surface area (Å²) in [6, 6.07) is 0.377. The third-order valence-corrected chi connectivity index (χ3v) is 7.19. The zero-order chi connectivity index (χ0) is 8.27. The average Bonchev–Trinajstić information content (AvgIpc) is 2.05. The third kappa shape index (κ3) is 2.69. The topological polar surface area (TPSA) is 36.2 Å². The average molecular weight is 268 g/mol. The van der Waals surface area contributed by atoms with Crippen LogP contribution in [0.5, 0.6) is 0 Å². The van der Waals surface area contributed by atoms with E-state index in [1.165, 1.54) is 25.7 Å². The molecule has 0 saturated heterocycles. The molecule has 0 radical (unpaired) electrons. The Bertz CT molecular complexity index is 128. The molecule has 1 aliphatic carbocycles. The molecule has 3 heteroatoms. The summed E-state index contributed by atoms with van der Waals surface area (Å²) in [6.45, 7) is 0. The van der Waals surface area contributed by atoms with E-state index in [1.807, 2.05) is 0 Å². The van der Waals surface area contributed by atoms with Crippen LogP contribution < -0.4 is 0 Å². The van der Waals surface area contributed by atoms with Gasteiger partial charge in [0.1, 0.15) is 0 Å². The summed E-state index contributed by atoms with van der Waals surface area (Å²) in [5.74, 6) is 0. The van der Waals surface area contributed by atoms with Gasteiger partial charge in [-0.1, -0.05) is 0 Å². The molecule has 1 rings (SSSR count). The van der Waals surface area contributed by atoms with Crippen LogP contribution in [-0.2, 0) is 0 Å². The van der Waals surface area contributed by atoms with E-state index in [0.29, 0.717) is 6.04 Å². The standard InChI is InChI=1S/C8H17IN2/c1-9(2)7-3-5-8(11-10)6-4-7/h7-8,10H,3-6H2,1-2H3. The summed E-state index contributed by atoms with van der Waals surface area (Å²) in [4.78, 5) is 4.90. The first kappa shape index (κ1) is 9.42. The van der Waals surface area contributed by atoms with Crippen molar-refractivity contribution in [3.8, 4) is 0 Å². The quantitative estimate of drug-likeness (QED) is 0.454. The molecule has 0 aromatic heterocycles. The van der Waals surface area contributed by atoms with E-state index in [1.54, 1.807) is 0 Å². The first-order chi connectivity index (χ1) is 5.24. The summed E-state index contributed by atoms with van der Waals surface area (Å²) in [6.07, 6.45) is 5.07. The number of nitrogens with zero attached hydrogens (tertiary/aromatic N) is 1. The van der Waals surface area contributed by atoms with E-state index >= 15 is 0 Å². The van der Waals surface area contributed by atoms with Crippen LogP contribution in [0.15, 0.2) is 5.11 Å². The van der Waals surface area contributed by atoms with Gasteiger partial charge < -0.3 is 0 Å². The van der Waals surface area contributed by atoms with Gasteiger partial charge in [-0.3, -0.25) is 0 Å². The third-order valence-electron chi connectivity index (χ3n) is 2.43. The molecule has 0 bridgehead atoms. The predicted molar refractivity (Wildman–Crippen MR) is 57.1 cm³/mol. The Labute approximate surface area is 76.0 Å². The zero-order valence-corrected chi connectivity index (χ0v) is 9.47. The van der Waals surface area contributed by atoms with Gasteiger partial charge in [0, 0.05) is 0 Å². The fourth-order valence-corrected chi connectivity index (χ4v) is 4.81. The van der Waals surface area contributed by atoms with Crippen molar-refractivity contribution in [1.82, 2.24) is 0 Å². The van der Waals surface area contributed by atoms with Gasteiger partial charge in [-0.05, 0) is 0 Å². The van der Waals surface area contributed by atoms with Gasteiger partial charge in [0.15, 0.2) is 0 Å². The van der Waals surface area contributed by atoms with Gasteiger partial charge in [-0.2, -0.15) is 0 Å². The molecule has 0 aromatic carbocycles. The second kappa shape index (κ2) is 4.38. The Morgan fingerprint density at radius 2 is 1.73 bits per heavy atom. The van der Waals surface area contributed by atoms with Crippen LogP contribution in [0.4, 0.5) is 0 Å². The van der Waals surface area contributed by atoms with Crippen molar-refractivity contribution < 1.29 is 0 Å². The summed E-state index contributed by atoms with van der Waals surface area (Å²) in [5.41, 5.74) is 6.91. The van der Waals surface area contributed by atoms with E-state index in [9.17, 15) is 0 Å². The molecular formula is C8H17IN2. The molecule has 0 atom stereocenters. The van der Waals surface area contributed by atoms with Crippen molar-refractivity contribution in [1.29, 1.82) is 5.53 Å². The molecule has 1 aliphatic rings. The molecular weight excluding hydrogens is 251 g/mol. The van der Waals surface area contributed by atoms with Crippen LogP contribution in [0.1, 0.15) is 25.7 Å². The van der Waals surface area contributed by atoms with Crippen LogP contribution in [0.2, 0.25) is 0 Å². The predicted octanol–water partition coefficient (Wildman–Crippen LogP) is 3.09. The summed E-state index contributed by atoms with van der Waals surface area (Å²) >= 11 is -0.549. The Morgan fingerprint density at radius 3 is 2.09 bits per heavy atom. The molecule has 2 nitrogen and oxygen atoms in total. The normalized spacial score (nSPS) is 33.1. The van der Waals surface area contributed by atoms with E-state index in [0.717, 1.165) is 3.92 Å². The molecule has 0 spiro atoms. The Balaban J connectivity index is 2.29. The summed E-state index contributed by atoms with van der Waals surface area (Å²) < 4.78 is 1.05. The Kier molecular flexibility index (Phi) is 3.75. The van der Waals surface area contributed by atoms with E-state index in [4.69, 9.17) is 5.53 Å². The number of halogens is 1. The van der Waals surface area contributed by atoms with Crippen LogP contribution >= 0.6 is 19.8 Å². The van der Waals surface area contributed by atoms with E-state index in [2.05, 4.69) is 15.0 Å². The molecule has 0 heterocycles. The minimum absolute atomic E-state index is 0.377. The molecule has 0 aromatic rings. The fraction of sp³-hybridized carbons (Fsp3) is 1.00. The van der Waals surface area contributed by atoms with E-state index < -0.39 is 19.8 Å². The van der Waals surface area contributed by atoms with E-state index in [-0.39, 0.29) is 0 Å².